The van der Waals surface area contributed by atoms with Gasteiger partial charge in [-0.25, -0.2) is 0 Å². The number of hydrogen-bond donors (Lipinski definition) is 2. The van der Waals surface area contributed by atoms with Crippen LogP contribution in [0.4, 0.5) is 0 Å². The van der Waals surface area contributed by atoms with Crippen LogP contribution < -0.4 is 15.8 Å². The van der Waals surface area contributed by atoms with Gasteiger partial charge < -0.3 is 15.8 Å². The van der Waals surface area contributed by atoms with Crippen molar-refractivity contribution >= 4 is 17.5 Å². The first kappa shape index (κ1) is 30.9. The van der Waals surface area contributed by atoms with Crippen molar-refractivity contribution in [3.63, 3.8) is 0 Å². The summed E-state index contributed by atoms with van der Waals surface area (Å²) in [5.74, 6) is 0.135. The number of ether oxygens (including phenoxy) is 1. The number of carbonyl (C=O) groups excluding carboxylic acids is 3. The average Bonchev–Trinajstić information content (AvgIpc) is 3.02. The van der Waals surface area contributed by atoms with Crippen molar-refractivity contribution in [3.05, 3.63) is 131 Å². The number of fused-ring (bicyclic) bond motifs is 4. The number of Topliss-reactive ketones (excluding diaryl/α,β-unsaturated/α-hetero) is 2. The van der Waals surface area contributed by atoms with E-state index in [4.69, 9.17) is 10.5 Å². The van der Waals surface area contributed by atoms with E-state index >= 15 is 0 Å². The number of nitrogens with one attached hydrogen (secondary N) is 1. The van der Waals surface area contributed by atoms with Gasteiger partial charge in [-0.15, -0.1) is 0 Å². The number of benzene rings is 4. The van der Waals surface area contributed by atoms with E-state index in [1.54, 1.807) is 0 Å². The van der Waals surface area contributed by atoms with Crippen molar-refractivity contribution < 1.29 is 19.1 Å². The van der Waals surface area contributed by atoms with Crippen LogP contribution in [-0.4, -0.2) is 29.6 Å². The second-order valence-electron chi connectivity index (χ2n) is 11.8. The molecule has 0 aromatic heterocycles. The van der Waals surface area contributed by atoms with Crippen LogP contribution >= 0.6 is 0 Å². The Morgan fingerprint density at radius 3 is 2.09 bits per heavy atom. The fraction of sp³-hybridized carbons (Fsp3) is 0.289. The second-order valence-corrected chi connectivity index (χ2v) is 11.8. The molecule has 3 atom stereocenters. The van der Waals surface area contributed by atoms with Crippen LogP contribution in [0.3, 0.4) is 0 Å². The minimum atomic E-state index is -0.763. The SMILES string of the molecule is Cc1ccc(CCC(=O)[C@@H]2Cc3cccc(c3)Oc3cccc(c3)C[C@H](N)C(=O)C[C@@H](CCc3ccccc3)C(=O)N2)cc1. The molecule has 0 aliphatic carbocycles. The Morgan fingerprint density at radius 1 is 0.773 bits per heavy atom. The smallest absolute Gasteiger partial charge is 0.224 e. The molecule has 0 unspecified atom stereocenters. The monoisotopic (exact) mass is 588 g/mol. The zero-order valence-corrected chi connectivity index (χ0v) is 25.2. The molecule has 0 saturated carbocycles. The van der Waals surface area contributed by atoms with Gasteiger partial charge in [0, 0.05) is 18.8 Å². The van der Waals surface area contributed by atoms with Crippen molar-refractivity contribution in [2.24, 2.45) is 11.7 Å². The summed E-state index contributed by atoms with van der Waals surface area (Å²) in [4.78, 5) is 41.0. The highest BCUT2D eigenvalue weighted by Gasteiger charge is 2.29. The highest BCUT2D eigenvalue weighted by molar-refractivity contribution is 5.93. The Kier molecular flexibility index (Phi) is 10.4. The molecule has 4 bridgehead atoms. The summed E-state index contributed by atoms with van der Waals surface area (Å²) in [5, 5.41) is 3.06. The van der Waals surface area contributed by atoms with E-state index in [0.717, 1.165) is 27.8 Å². The fourth-order valence-electron chi connectivity index (χ4n) is 5.65. The number of aryl methyl sites for hydroxylation is 3. The van der Waals surface area contributed by atoms with Gasteiger partial charge in [0.15, 0.2) is 11.6 Å². The van der Waals surface area contributed by atoms with Gasteiger partial charge in [-0.2, -0.15) is 0 Å². The molecular weight excluding hydrogens is 548 g/mol. The Hall–Kier alpha value is -4.55. The molecule has 4 aromatic rings. The lowest BCUT2D eigenvalue weighted by molar-refractivity contribution is -0.132. The topological polar surface area (TPSA) is 98.5 Å². The standard InChI is InChI=1S/C38H40N2O4/c1-26-13-15-28(16-14-26)18-20-36(41)35-24-30-10-6-12-33(22-30)44-32-11-5-9-29(21-32)23-34(39)37(42)25-31(38(43)40-35)19-17-27-7-3-2-4-8-27/h2-16,21-22,31,34-35H,17-20,23-25,39H2,1H3,(H,40,43)/t31-,34+,35+/m1/s1. The van der Waals surface area contributed by atoms with Crippen LogP contribution in [-0.2, 0) is 40.1 Å². The molecule has 1 aliphatic heterocycles. The number of amides is 1. The van der Waals surface area contributed by atoms with Crippen molar-refractivity contribution in [3.8, 4) is 11.5 Å². The number of nitrogens with two attached hydrogens (primary N) is 1. The summed E-state index contributed by atoms with van der Waals surface area (Å²) < 4.78 is 6.15. The maximum Gasteiger partial charge on any atom is 0.224 e. The van der Waals surface area contributed by atoms with Crippen LogP contribution in [0.1, 0.15) is 47.1 Å². The zero-order valence-electron chi connectivity index (χ0n) is 25.2. The third-order valence-corrected chi connectivity index (χ3v) is 8.27. The zero-order chi connectivity index (χ0) is 30.9. The quantitative estimate of drug-likeness (QED) is 0.272. The molecule has 226 valence electrons. The van der Waals surface area contributed by atoms with Gasteiger partial charge in [-0.1, -0.05) is 84.4 Å². The highest BCUT2D eigenvalue weighted by Crippen LogP contribution is 2.25. The Morgan fingerprint density at radius 2 is 1.41 bits per heavy atom. The van der Waals surface area contributed by atoms with Gasteiger partial charge >= 0.3 is 0 Å². The lowest BCUT2D eigenvalue weighted by atomic mass is 9.89. The van der Waals surface area contributed by atoms with Crippen LogP contribution in [0.15, 0.2) is 103 Å². The molecule has 44 heavy (non-hydrogen) atoms. The minimum Gasteiger partial charge on any atom is -0.457 e. The van der Waals surface area contributed by atoms with Gasteiger partial charge in [0.05, 0.1) is 12.1 Å². The van der Waals surface area contributed by atoms with Gasteiger partial charge in [0.1, 0.15) is 11.5 Å². The van der Waals surface area contributed by atoms with E-state index in [9.17, 15) is 14.4 Å². The Labute approximate surface area is 259 Å². The van der Waals surface area contributed by atoms with Crippen molar-refractivity contribution in [1.82, 2.24) is 5.32 Å². The predicted octanol–water partition coefficient (Wildman–Crippen LogP) is 6.11. The van der Waals surface area contributed by atoms with Crippen LogP contribution in [0.25, 0.3) is 0 Å². The Bertz CT molecular complexity index is 1580. The van der Waals surface area contributed by atoms with E-state index in [2.05, 4.69) is 5.32 Å². The van der Waals surface area contributed by atoms with E-state index in [1.165, 1.54) is 0 Å². The third kappa shape index (κ3) is 8.74. The molecule has 3 N–H and O–H groups in total. The predicted molar refractivity (Wildman–Crippen MR) is 173 cm³/mol. The Balaban J connectivity index is 1.43. The largest absolute Gasteiger partial charge is 0.457 e. The molecule has 6 heteroatoms. The average molecular weight is 589 g/mol. The second kappa shape index (κ2) is 14.8. The summed E-state index contributed by atoms with van der Waals surface area (Å²) in [6, 6.07) is 31.7. The summed E-state index contributed by atoms with van der Waals surface area (Å²) in [5.41, 5.74) is 11.5. The molecule has 6 nitrogen and oxygen atoms in total. The molecule has 0 saturated heterocycles. The first-order valence-corrected chi connectivity index (χ1v) is 15.4. The van der Waals surface area contributed by atoms with Crippen molar-refractivity contribution in [2.75, 3.05) is 0 Å². The van der Waals surface area contributed by atoms with Crippen molar-refractivity contribution in [2.45, 2.75) is 64.0 Å². The number of rotatable bonds is 7. The summed E-state index contributed by atoms with van der Waals surface area (Å²) in [6.45, 7) is 2.03. The van der Waals surface area contributed by atoms with E-state index in [1.807, 2.05) is 110 Å². The molecule has 0 radical (unpaired) electrons. The van der Waals surface area contributed by atoms with Crippen molar-refractivity contribution in [1.29, 1.82) is 0 Å². The number of hydrogen-bond acceptors (Lipinski definition) is 5. The third-order valence-electron chi connectivity index (χ3n) is 8.27. The summed E-state index contributed by atoms with van der Waals surface area (Å²) >= 11 is 0. The van der Waals surface area contributed by atoms with E-state index < -0.39 is 18.0 Å². The number of carbonyl (C=O) groups is 3. The molecule has 0 fully saturated rings. The van der Waals surface area contributed by atoms with Gasteiger partial charge in [-0.05, 0) is 85.5 Å². The lowest BCUT2D eigenvalue weighted by Gasteiger charge is -2.24. The van der Waals surface area contributed by atoms with E-state index in [-0.39, 0.29) is 30.3 Å². The molecule has 1 aliphatic rings. The van der Waals surface area contributed by atoms with E-state index in [0.29, 0.717) is 43.6 Å². The molecular formula is C38H40N2O4. The van der Waals surface area contributed by atoms with Gasteiger partial charge in [-0.3, -0.25) is 14.4 Å². The fourth-order valence-corrected chi connectivity index (χ4v) is 5.65. The molecule has 0 spiro atoms. The van der Waals surface area contributed by atoms with Crippen LogP contribution in [0.2, 0.25) is 0 Å². The van der Waals surface area contributed by atoms with Crippen LogP contribution in [0, 0.1) is 12.8 Å². The number of ketones is 2. The lowest BCUT2D eigenvalue weighted by Crippen LogP contribution is -2.46. The normalized spacial score (nSPS) is 19.1. The van der Waals surface area contributed by atoms with Gasteiger partial charge in [0.25, 0.3) is 0 Å². The summed E-state index contributed by atoms with van der Waals surface area (Å²) in [7, 11) is 0. The molecule has 1 amide bonds. The summed E-state index contributed by atoms with van der Waals surface area (Å²) in [6.07, 6.45) is 2.63. The molecule has 1 heterocycles. The molecule has 5 rings (SSSR count). The van der Waals surface area contributed by atoms with Gasteiger partial charge in [0.2, 0.25) is 5.91 Å². The highest BCUT2D eigenvalue weighted by atomic mass is 16.5. The molecule has 4 aromatic carbocycles. The minimum absolute atomic E-state index is 0.00971. The first-order chi connectivity index (χ1) is 21.3. The van der Waals surface area contributed by atoms with Crippen LogP contribution in [0.5, 0.6) is 11.5 Å². The maximum absolute atomic E-state index is 13.9. The first-order valence-electron chi connectivity index (χ1n) is 15.4. The maximum atomic E-state index is 13.9.